The highest BCUT2D eigenvalue weighted by molar-refractivity contribution is 5.95. The molecule has 1 aliphatic heterocycles. The summed E-state index contributed by atoms with van der Waals surface area (Å²) in [7, 11) is 0. The number of morpholine rings is 1. The van der Waals surface area contributed by atoms with Crippen LogP contribution in [-0.4, -0.2) is 45.3 Å². The minimum atomic E-state index is -0.00887. The molecule has 5 nitrogen and oxygen atoms in total. The van der Waals surface area contributed by atoms with Gasteiger partial charge in [0, 0.05) is 13.1 Å². The van der Waals surface area contributed by atoms with Crippen molar-refractivity contribution in [1.29, 1.82) is 0 Å². The number of para-hydroxylation sites is 2. The zero-order chi connectivity index (χ0) is 18.0. The normalized spacial score (nSPS) is 14.2. The van der Waals surface area contributed by atoms with Gasteiger partial charge in [-0.05, 0) is 37.1 Å². The number of hydrogen-bond acceptors (Lipinski definition) is 4. The van der Waals surface area contributed by atoms with E-state index in [-0.39, 0.29) is 5.91 Å². The fourth-order valence-corrected chi connectivity index (χ4v) is 3.12. The molecule has 0 aliphatic carbocycles. The van der Waals surface area contributed by atoms with E-state index in [4.69, 9.17) is 4.74 Å². The van der Waals surface area contributed by atoms with E-state index in [2.05, 4.69) is 39.8 Å². The number of aryl methyl sites for hydroxylation is 1. The first kappa shape index (κ1) is 18.4. The second kappa shape index (κ2) is 9.94. The number of ether oxygens (including phenoxy) is 1. The molecule has 1 amide bonds. The van der Waals surface area contributed by atoms with Gasteiger partial charge in [0.25, 0.3) is 0 Å². The fraction of sp³-hybridized carbons (Fsp3) is 0.381. The molecule has 0 spiro atoms. The Labute approximate surface area is 155 Å². The molecule has 3 rings (SSSR count). The minimum Gasteiger partial charge on any atom is -0.378 e. The van der Waals surface area contributed by atoms with Crippen LogP contribution in [0.25, 0.3) is 0 Å². The SMILES string of the molecule is O=C(CNCCCc1ccccc1)Nc1ccccc1N1CCOCC1. The van der Waals surface area contributed by atoms with Gasteiger partial charge in [0.15, 0.2) is 0 Å². The molecule has 1 saturated heterocycles. The summed E-state index contributed by atoms with van der Waals surface area (Å²) in [6.07, 6.45) is 2.04. The summed E-state index contributed by atoms with van der Waals surface area (Å²) in [6.45, 7) is 4.31. The third-order valence-corrected chi connectivity index (χ3v) is 4.48. The molecule has 0 bridgehead atoms. The van der Waals surface area contributed by atoms with Gasteiger partial charge in [-0.25, -0.2) is 0 Å². The summed E-state index contributed by atoms with van der Waals surface area (Å²) >= 11 is 0. The Morgan fingerprint density at radius 2 is 1.73 bits per heavy atom. The standard InChI is InChI=1S/C21H27N3O2/c25-21(17-22-12-6-9-18-7-2-1-3-8-18)23-19-10-4-5-11-20(19)24-13-15-26-16-14-24/h1-5,7-8,10-11,22H,6,9,12-17H2,(H,23,25). The van der Waals surface area contributed by atoms with Gasteiger partial charge in [-0.1, -0.05) is 42.5 Å². The van der Waals surface area contributed by atoms with E-state index in [1.165, 1.54) is 5.56 Å². The van der Waals surface area contributed by atoms with E-state index >= 15 is 0 Å². The van der Waals surface area contributed by atoms with Crippen LogP contribution in [0.15, 0.2) is 54.6 Å². The van der Waals surface area contributed by atoms with Crippen LogP contribution in [0, 0.1) is 0 Å². The second-order valence-electron chi connectivity index (χ2n) is 6.43. The van der Waals surface area contributed by atoms with Gasteiger partial charge in [0.2, 0.25) is 5.91 Å². The van der Waals surface area contributed by atoms with Crippen LogP contribution < -0.4 is 15.5 Å². The number of hydrogen-bond donors (Lipinski definition) is 2. The summed E-state index contributed by atoms with van der Waals surface area (Å²) in [4.78, 5) is 14.5. The Balaban J connectivity index is 1.42. The second-order valence-corrected chi connectivity index (χ2v) is 6.43. The zero-order valence-corrected chi connectivity index (χ0v) is 15.1. The first-order valence-electron chi connectivity index (χ1n) is 9.29. The van der Waals surface area contributed by atoms with Gasteiger partial charge in [0.05, 0.1) is 31.1 Å². The molecule has 0 atom stereocenters. The van der Waals surface area contributed by atoms with E-state index in [0.29, 0.717) is 6.54 Å². The molecule has 26 heavy (non-hydrogen) atoms. The molecule has 2 aromatic carbocycles. The highest BCUT2D eigenvalue weighted by atomic mass is 16.5. The lowest BCUT2D eigenvalue weighted by Crippen LogP contribution is -2.37. The van der Waals surface area contributed by atoms with Gasteiger partial charge < -0.3 is 20.3 Å². The number of nitrogens with one attached hydrogen (secondary N) is 2. The average Bonchev–Trinajstić information content (AvgIpc) is 2.70. The Morgan fingerprint density at radius 1 is 1.00 bits per heavy atom. The number of anilines is 2. The van der Waals surface area contributed by atoms with Crippen molar-refractivity contribution in [2.24, 2.45) is 0 Å². The smallest absolute Gasteiger partial charge is 0.238 e. The number of benzene rings is 2. The highest BCUT2D eigenvalue weighted by Gasteiger charge is 2.15. The van der Waals surface area contributed by atoms with E-state index < -0.39 is 0 Å². The van der Waals surface area contributed by atoms with Crippen LogP contribution in [0.5, 0.6) is 0 Å². The van der Waals surface area contributed by atoms with Gasteiger partial charge in [-0.3, -0.25) is 4.79 Å². The van der Waals surface area contributed by atoms with Crippen molar-refractivity contribution in [3.63, 3.8) is 0 Å². The lowest BCUT2D eigenvalue weighted by Gasteiger charge is -2.30. The topological polar surface area (TPSA) is 53.6 Å². The number of nitrogens with zero attached hydrogens (tertiary/aromatic N) is 1. The van der Waals surface area contributed by atoms with Crippen molar-refractivity contribution in [1.82, 2.24) is 5.32 Å². The molecule has 138 valence electrons. The van der Waals surface area contributed by atoms with Crippen molar-refractivity contribution in [2.45, 2.75) is 12.8 Å². The Hall–Kier alpha value is -2.37. The summed E-state index contributed by atoms with van der Waals surface area (Å²) in [6, 6.07) is 18.4. The Kier molecular flexibility index (Phi) is 7.05. The minimum absolute atomic E-state index is 0.00887. The first-order chi connectivity index (χ1) is 12.8. The molecular weight excluding hydrogens is 326 g/mol. The lowest BCUT2D eigenvalue weighted by molar-refractivity contribution is -0.115. The first-order valence-corrected chi connectivity index (χ1v) is 9.29. The van der Waals surface area contributed by atoms with Crippen molar-refractivity contribution in [3.8, 4) is 0 Å². The quantitative estimate of drug-likeness (QED) is 0.717. The maximum Gasteiger partial charge on any atom is 0.238 e. The maximum atomic E-state index is 12.3. The molecule has 0 unspecified atom stereocenters. The Bertz CT molecular complexity index is 685. The number of carbonyl (C=O) groups is 1. The van der Waals surface area contributed by atoms with Crippen LogP contribution in [0.1, 0.15) is 12.0 Å². The monoisotopic (exact) mass is 353 g/mol. The number of amides is 1. The maximum absolute atomic E-state index is 12.3. The van der Waals surface area contributed by atoms with Crippen molar-refractivity contribution >= 4 is 17.3 Å². The van der Waals surface area contributed by atoms with E-state index in [0.717, 1.165) is 57.1 Å². The van der Waals surface area contributed by atoms with E-state index in [1.807, 2.05) is 30.3 Å². The highest BCUT2D eigenvalue weighted by Crippen LogP contribution is 2.26. The van der Waals surface area contributed by atoms with Crippen LogP contribution in [0.4, 0.5) is 11.4 Å². The van der Waals surface area contributed by atoms with Gasteiger partial charge in [-0.2, -0.15) is 0 Å². The fourth-order valence-electron chi connectivity index (χ4n) is 3.12. The van der Waals surface area contributed by atoms with Gasteiger partial charge >= 0.3 is 0 Å². The lowest BCUT2D eigenvalue weighted by atomic mass is 10.1. The molecule has 1 aliphatic rings. The van der Waals surface area contributed by atoms with E-state index in [9.17, 15) is 4.79 Å². The van der Waals surface area contributed by atoms with Crippen LogP contribution in [0.2, 0.25) is 0 Å². The van der Waals surface area contributed by atoms with Gasteiger partial charge in [-0.15, -0.1) is 0 Å². The summed E-state index contributed by atoms with van der Waals surface area (Å²) < 4.78 is 5.41. The molecular formula is C21H27N3O2. The van der Waals surface area contributed by atoms with Crippen molar-refractivity contribution < 1.29 is 9.53 Å². The van der Waals surface area contributed by atoms with Gasteiger partial charge in [0.1, 0.15) is 0 Å². The van der Waals surface area contributed by atoms with Crippen LogP contribution in [-0.2, 0) is 16.0 Å². The van der Waals surface area contributed by atoms with Crippen molar-refractivity contribution in [2.75, 3.05) is 49.6 Å². The molecule has 1 heterocycles. The largest absolute Gasteiger partial charge is 0.378 e. The average molecular weight is 353 g/mol. The van der Waals surface area contributed by atoms with Crippen molar-refractivity contribution in [3.05, 3.63) is 60.2 Å². The third-order valence-electron chi connectivity index (χ3n) is 4.48. The van der Waals surface area contributed by atoms with E-state index in [1.54, 1.807) is 0 Å². The summed E-state index contributed by atoms with van der Waals surface area (Å²) in [5.41, 5.74) is 3.26. The molecule has 1 fully saturated rings. The predicted molar refractivity (Wildman–Crippen MR) is 106 cm³/mol. The Morgan fingerprint density at radius 3 is 2.54 bits per heavy atom. The summed E-state index contributed by atoms with van der Waals surface area (Å²) in [5, 5.41) is 6.26. The number of carbonyl (C=O) groups excluding carboxylic acids is 1. The van der Waals surface area contributed by atoms with Crippen LogP contribution in [0.3, 0.4) is 0 Å². The molecule has 2 N–H and O–H groups in total. The third kappa shape index (κ3) is 5.58. The number of rotatable bonds is 8. The molecule has 0 radical (unpaired) electrons. The zero-order valence-electron chi connectivity index (χ0n) is 15.1. The molecule has 5 heteroatoms. The summed E-state index contributed by atoms with van der Waals surface area (Å²) in [5.74, 6) is -0.00887. The molecule has 0 aromatic heterocycles. The van der Waals surface area contributed by atoms with Crippen LogP contribution >= 0.6 is 0 Å². The predicted octanol–water partition coefficient (Wildman–Crippen LogP) is 2.68. The molecule has 2 aromatic rings. The molecule has 0 saturated carbocycles.